The molecule has 2 aromatic rings. The van der Waals surface area contributed by atoms with E-state index in [1.807, 2.05) is 0 Å². The molecule has 0 aliphatic carbocycles. The van der Waals surface area contributed by atoms with E-state index >= 15 is 0 Å². The van der Waals surface area contributed by atoms with Crippen LogP contribution >= 0.6 is 0 Å². The summed E-state index contributed by atoms with van der Waals surface area (Å²) in [4.78, 5) is 24.7. The lowest BCUT2D eigenvalue weighted by molar-refractivity contribution is -0.116. The molecule has 1 N–H and O–H groups in total. The first-order chi connectivity index (χ1) is 10.5. The highest BCUT2D eigenvalue weighted by Gasteiger charge is 2.07. The van der Waals surface area contributed by atoms with Gasteiger partial charge in [-0.25, -0.2) is 4.39 Å². The second-order valence-electron chi connectivity index (χ2n) is 4.98. The fourth-order valence-electron chi connectivity index (χ4n) is 1.94. The van der Waals surface area contributed by atoms with Crippen LogP contribution in [0.1, 0.15) is 12.5 Å². The number of halogens is 1. The zero-order chi connectivity index (χ0) is 16.1. The molecule has 114 valence electrons. The number of carbonyl (C=O) groups excluding carboxylic acids is 2. The maximum absolute atomic E-state index is 12.8. The minimum atomic E-state index is -0.344. The minimum absolute atomic E-state index is 0.0539. The molecular formula is C17H17FN2O2. The van der Waals surface area contributed by atoms with Crippen LogP contribution in [0.2, 0.25) is 0 Å². The normalized spacial score (nSPS) is 10.1. The van der Waals surface area contributed by atoms with Crippen molar-refractivity contribution in [3.05, 3.63) is 59.9 Å². The van der Waals surface area contributed by atoms with Gasteiger partial charge < -0.3 is 10.2 Å². The third-order valence-corrected chi connectivity index (χ3v) is 3.29. The smallest absolute Gasteiger partial charge is 0.228 e. The predicted molar refractivity (Wildman–Crippen MR) is 84.3 cm³/mol. The van der Waals surface area contributed by atoms with Gasteiger partial charge in [-0.2, -0.15) is 0 Å². The molecule has 2 rings (SSSR count). The van der Waals surface area contributed by atoms with Gasteiger partial charge in [0.1, 0.15) is 5.82 Å². The standard InChI is InChI=1S/C17H17FN2O2/c1-12(21)20(2)16-9-3-13(4-10-16)11-17(22)19-15-7-5-14(18)6-8-15/h3-10H,11H2,1-2H3,(H,19,22). The Bertz CT molecular complexity index is 666. The van der Waals surface area contributed by atoms with Crippen molar-refractivity contribution >= 4 is 23.2 Å². The summed E-state index contributed by atoms with van der Waals surface area (Å²) in [5.74, 6) is -0.579. The Morgan fingerprint density at radius 3 is 2.18 bits per heavy atom. The van der Waals surface area contributed by atoms with Gasteiger partial charge in [-0.3, -0.25) is 9.59 Å². The fraction of sp³-hybridized carbons (Fsp3) is 0.176. The summed E-state index contributed by atoms with van der Waals surface area (Å²) in [5, 5.41) is 2.70. The van der Waals surface area contributed by atoms with Gasteiger partial charge in [-0.15, -0.1) is 0 Å². The summed E-state index contributed by atoms with van der Waals surface area (Å²) in [6, 6.07) is 12.8. The van der Waals surface area contributed by atoms with Gasteiger partial charge in [0.15, 0.2) is 0 Å². The summed E-state index contributed by atoms with van der Waals surface area (Å²) >= 11 is 0. The summed E-state index contributed by atoms with van der Waals surface area (Å²) in [6.07, 6.45) is 0.210. The highest BCUT2D eigenvalue weighted by atomic mass is 19.1. The molecule has 0 spiro atoms. The Balaban J connectivity index is 1.97. The average Bonchev–Trinajstić information content (AvgIpc) is 2.49. The molecule has 22 heavy (non-hydrogen) atoms. The fourth-order valence-corrected chi connectivity index (χ4v) is 1.94. The molecule has 4 nitrogen and oxygen atoms in total. The van der Waals surface area contributed by atoms with E-state index in [1.165, 1.54) is 36.1 Å². The van der Waals surface area contributed by atoms with Gasteiger partial charge in [0.25, 0.3) is 0 Å². The molecule has 0 unspecified atom stereocenters. The highest BCUT2D eigenvalue weighted by Crippen LogP contribution is 2.15. The number of carbonyl (C=O) groups is 2. The summed E-state index contributed by atoms with van der Waals surface area (Å²) < 4.78 is 12.8. The molecule has 0 aromatic heterocycles. The van der Waals surface area contributed by atoms with E-state index in [9.17, 15) is 14.0 Å². The number of rotatable bonds is 4. The van der Waals surface area contributed by atoms with E-state index in [0.29, 0.717) is 5.69 Å². The largest absolute Gasteiger partial charge is 0.326 e. The Morgan fingerprint density at radius 2 is 1.64 bits per heavy atom. The first-order valence-corrected chi connectivity index (χ1v) is 6.84. The maximum Gasteiger partial charge on any atom is 0.228 e. The molecule has 0 heterocycles. The zero-order valence-electron chi connectivity index (χ0n) is 12.5. The highest BCUT2D eigenvalue weighted by molar-refractivity contribution is 5.93. The monoisotopic (exact) mass is 300 g/mol. The van der Waals surface area contributed by atoms with Crippen molar-refractivity contribution < 1.29 is 14.0 Å². The number of anilines is 2. The average molecular weight is 300 g/mol. The summed E-state index contributed by atoms with van der Waals surface area (Å²) in [5.41, 5.74) is 2.16. The van der Waals surface area contributed by atoms with E-state index < -0.39 is 0 Å². The lowest BCUT2D eigenvalue weighted by Gasteiger charge is -2.15. The van der Waals surface area contributed by atoms with Crippen molar-refractivity contribution in [3.8, 4) is 0 Å². The van der Waals surface area contributed by atoms with Crippen LogP contribution in [0.25, 0.3) is 0 Å². The zero-order valence-corrected chi connectivity index (χ0v) is 12.5. The number of nitrogens with one attached hydrogen (secondary N) is 1. The molecule has 0 saturated heterocycles. The van der Waals surface area contributed by atoms with Crippen molar-refractivity contribution in [1.29, 1.82) is 0 Å². The summed E-state index contributed by atoms with van der Waals surface area (Å²) in [6.45, 7) is 1.49. The minimum Gasteiger partial charge on any atom is -0.326 e. The molecule has 0 saturated carbocycles. The Labute approximate surface area is 128 Å². The first-order valence-electron chi connectivity index (χ1n) is 6.84. The third-order valence-electron chi connectivity index (χ3n) is 3.29. The maximum atomic E-state index is 12.8. The Morgan fingerprint density at radius 1 is 1.05 bits per heavy atom. The number of hydrogen-bond donors (Lipinski definition) is 1. The lowest BCUT2D eigenvalue weighted by atomic mass is 10.1. The Kier molecular flexibility index (Phi) is 4.88. The molecule has 2 amide bonds. The van der Waals surface area contributed by atoms with Crippen molar-refractivity contribution in [2.75, 3.05) is 17.3 Å². The third kappa shape index (κ3) is 4.15. The van der Waals surface area contributed by atoms with Gasteiger partial charge in [0, 0.05) is 25.3 Å². The molecule has 0 radical (unpaired) electrons. The predicted octanol–water partition coefficient (Wildman–Crippen LogP) is 2.99. The first kappa shape index (κ1) is 15.7. The van der Waals surface area contributed by atoms with E-state index in [4.69, 9.17) is 0 Å². The van der Waals surface area contributed by atoms with E-state index in [1.54, 1.807) is 31.3 Å². The molecule has 0 aliphatic heterocycles. The van der Waals surface area contributed by atoms with E-state index in [2.05, 4.69) is 5.32 Å². The van der Waals surface area contributed by atoms with Gasteiger partial charge in [0.2, 0.25) is 11.8 Å². The molecule has 0 aliphatic rings. The van der Waals surface area contributed by atoms with Gasteiger partial charge in [0.05, 0.1) is 6.42 Å². The van der Waals surface area contributed by atoms with Crippen LogP contribution in [0.3, 0.4) is 0 Å². The van der Waals surface area contributed by atoms with Crippen molar-refractivity contribution in [1.82, 2.24) is 0 Å². The number of hydrogen-bond acceptors (Lipinski definition) is 2. The van der Waals surface area contributed by atoms with Crippen LogP contribution in [0, 0.1) is 5.82 Å². The van der Waals surface area contributed by atoms with Gasteiger partial charge in [-0.05, 0) is 42.0 Å². The van der Waals surface area contributed by atoms with Crippen LogP contribution in [-0.2, 0) is 16.0 Å². The van der Waals surface area contributed by atoms with E-state index in [-0.39, 0.29) is 24.1 Å². The van der Waals surface area contributed by atoms with Crippen molar-refractivity contribution in [2.45, 2.75) is 13.3 Å². The van der Waals surface area contributed by atoms with Crippen LogP contribution in [-0.4, -0.2) is 18.9 Å². The Hall–Kier alpha value is -2.69. The molecule has 5 heteroatoms. The number of benzene rings is 2. The van der Waals surface area contributed by atoms with Crippen LogP contribution in [0.15, 0.2) is 48.5 Å². The topological polar surface area (TPSA) is 49.4 Å². The van der Waals surface area contributed by atoms with Gasteiger partial charge in [-0.1, -0.05) is 12.1 Å². The van der Waals surface area contributed by atoms with Crippen molar-refractivity contribution in [2.24, 2.45) is 0 Å². The molecule has 0 bridgehead atoms. The van der Waals surface area contributed by atoms with Crippen molar-refractivity contribution in [3.63, 3.8) is 0 Å². The van der Waals surface area contributed by atoms with Crippen LogP contribution in [0.4, 0.5) is 15.8 Å². The SMILES string of the molecule is CC(=O)N(C)c1ccc(CC(=O)Nc2ccc(F)cc2)cc1. The molecule has 0 fully saturated rings. The van der Waals surface area contributed by atoms with Gasteiger partial charge >= 0.3 is 0 Å². The molecule has 2 aromatic carbocycles. The molecular weight excluding hydrogens is 283 g/mol. The van der Waals surface area contributed by atoms with Crippen LogP contribution < -0.4 is 10.2 Å². The van der Waals surface area contributed by atoms with Crippen LogP contribution in [0.5, 0.6) is 0 Å². The summed E-state index contributed by atoms with van der Waals surface area (Å²) in [7, 11) is 1.69. The molecule has 0 atom stereocenters. The number of amides is 2. The lowest BCUT2D eigenvalue weighted by Crippen LogP contribution is -2.22. The number of nitrogens with zero attached hydrogens (tertiary/aromatic N) is 1. The quantitative estimate of drug-likeness (QED) is 0.943. The second-order valence-corrected chi connectivity index (χ2v) is 4.98. The van der Waals surface area contributed by atoms with E-state index in [0.717, 1.165) is 11.3 Å². The second kappa shape index (κ2) is 6.85.